The van der Waals surface area contributed by atoms with Crippen molar-refractivity contribution >= 4 is 22.2 Å². The Morgan fingerprint density at radius 1 is 1.24 bits per heavy atom. The van der Waals surface area contributed by atoms with Crippen molar-refractivity contribution in [2.45, 2.75) is 39.4 Å². The van der Waals surface area contributed by atoms with Gasteiger partial charge in [-0.3, -0.25) is 0 Å². The molecule has 2 aromatic heterocycles. The van der Waals surface area contributed by atoms with Crippen molar-refractivity contribution in [2.75, 3.05) is 0 Å². The van der Waals surface area contributed by atoms with E-state index in [0.29, 0.717) is 0 Å². The molecule has 0 saturated heterocycles. The molecule has 0 aliphatic heterocycles. The molecular weight excluding hydrogens is 278 g/mol. The first-order chi connectivity index (χ1) is 10.0. The summed E-state index contributed by atoms with van der Waals surface area (Å²) in [5.41, 5.74) is 2.77. The van der Waals surface area contributed by atoms with Crippen LogP contribution in [-0.2, 0) is 13.1 Å². The lowest BCUT2D eigenvalue weighted by molar-refractivity contribution is 0.425. The van der Waals surface area contributed by atoms with E-state index < -0.39 is 0 Å². The highest BCUT2D eigenvalue weighted by atomic mass is 32.1. The first kappa shape index (κ1) is 14.3. The zero-order valence-corrected chi connectivity index (χ0v) is 13.6. The van der Waals surface area contributed by atoms with Crippen molar-refractivity contribution in [3.63, 3.8) is 0 Å². The van der Waals surface area contributed by atoms with Crippen molar-refractivity contribution in [1.29, 1.82) is 0 Å². The van der Waals surface area contributed by atoms with Crippen LogP contribution in [0.2, 0.25) is 0 Å². The minimum absolute atomic E-state index is 0.120. The Bertz CT molecular complexity index is 720. The molecule has 0 spiro atoms. The first-order valence-corrected chi connectivity index (χ1v) is 8.11. The summed E-state index contributed by atoms with van der Waals surface area (Å²) in [5.74, 6) is 0. The number of benzene rings is 1. The Hall–Kier alpha value is -1.65. The number of fused-ring (bicyclic) bond motifs is 1. The second kappa shape index (κ2) is 5.62. The van der Waals surface area contributed by atoms with Crippen LogP contribution in [0.4, 0.5) is 0 Å². The third kappa shape index (κ3) is 3.34. The Kier molecular flexibility index (Phi) is 3.83. The van der Waals surface area contributed by atoms with Gasteiger partial charge in [0.1, 0.15) is 5.01 Å². The molecule has 0 atom stereocenters. The van der Waals surface area contributed by atoms with Gasteiger partial charge < -0.3 is 9.88 Å². The highest BCUT2D eigenvalue weighted by molar-refractivity contribution is 7.09. The lowest BCUT2D eigenvalue weighted by Crippen LogP contribution is -2.35. The number of para-hydroxylation sites is 1. The summed E-state index contributed by atoms with van der Waals surface area (Å²) in [4.78, 5) is 4.39. The average Bonchev–Trinajstić information content (AvgIpc) is 3.06. The van der Waals surface area contributed by atoms with Gasteiger partial charge in [-0.2, -0.15) is 0 Å². The van der Waals surface area contributed by atoms with Gasteiger partial charge in [-0.05, 0) is 37.8 Å². The summed E-state index contributed by atoms with van der Waals surface area (Å²) in [6.45, 7) is 8.31. The molecule has 0 radical (unpaired) electrons. The summed E-state index contributed by atoms with van der Waals surface area (Å²) in [5, 5.41) is 8.05. The van der Waals surface area contributed by atoms with Gasteiger partial charge in [-0.15, -0.1) is 11.3 Å². The van der Waals surface area contributed by atoms with Crippen LogP contribution < -0.4 is 5.32 Å². The van der Waals surface area contributed by atoms with E-state index in [1.54, 1.807) is 11.3 Å². The highest BCUT2D eigenvalue weighted by Gasteiger charge is 2.12. The Morgan fingerprint density at radius 3 is 2.81 bits per heavy atom. The van der Waals surface area contributed by atoms with E-state index in [1.807, 2.05) is 11.6 Å². The maximum atomic E-state index is 4.39. The topological polar surface area (TPSA) is 29.9 Å². The van der Waals surface area contributed by atoms with Crippen LogP contribution in [0.15, 0.2) is 42.0 Å². The molecule has 3 nitrogen and oxygen atoms in total. The summed E-state index contributed by atoms with van der Waals surface area (Å²) in [6, 6.07) is 8.70. The number of aromatic nitrogens is 2. The van der Waals surface area contributed by atoms with Crippen LogP contribution in [0, 0.1) is 0 Å². The van der Waals surface area contributed by atoms with E-state index in [0.717, 1.165) is 18.1 Å². The average molecular weight is 299 g/mol. The highest BCUT2D eigenvalue weighted by Crippen LogP contribution is 2.22. The third-order valence-corrected chi connectivity index (χ3v) is 4.23. The molecular formula is C17H21N3S. The van der Waals surface area contributed by atoms with Crippen LogP contribution in [0.3, 0.4) is 0 Å². The van der Waals surface area contributed by atoms with Crippen molar-refractivity contribution < 1.29 is 0 Å². The standard InChI is InChI=1S/C17H21N3S/c1-17(2,3)19-11-14-6-4-5-13-7-9-20(16(13)14)12-15-18-8-10-21-15/h4-10,19H,11-12H2,1-3H3. The molecule has 3 rings (SSSR count). The van der Waals surface area contributed by atoms with Crippen LogP contribution in [0.25, 0.3) is 10.9 Å². The van der Waals surface area contributed by atoms with Gasteiger partial charge in [0.2, 0.25) is 0 Å². The lowest BCUT2D eigenvalue weighted by atomic mass is 10.1. The summed E-state index contributed by atoms with van der Waals surface area (Å²) < 4.78 is 2.30. The zero-order valence-electron chi connectivity index (χ0n) is 12.8. The van der Waals surface area contributed by atoms with Gasteiger partial charge >= 0.3 is 0 Å². The van der Waals surface area contributed by atoms with Gasteiger partial charge in [0.05, 0.1) is 12.1 Å². The predicted octanol–water partition coefficient (Wildman–Crippen LogP) is 4.03. The largest absolute Gasteiger partial charge is 0.340 e. The van der Waals surface area contributed by atoms with E-state index in [9.17, 15) is 0 Å². The van der Waals surface area contributed by atoms with E-state index in [-0.39, 0.29) is 5.54 Å². The van der Waals surface area contributed by atoms with Gasteiger partial charge in [0.15, 0.2) is 0 Å². The monoisotopic (exact) mass is 299 g/mol. The van der Waals surface area contributed by atoms with E-state index >= 15 is 0 Å². The molecule has 1 aromatic carbocycles. The maximum Gasteiger partial charge on any atom is 0.112 e. The van der Waals surface area contributed by atoms with Crippen molar-refractivity contribution in [3.05, 3.63) is 52.6 Å². The molecule has 0 amide bonds. The molecule has 0 bridgehead atoms. The number of rotatable bonds is 4. The van der Waals surface area contributed by atoms with Crippen LogP contribution in [0.5, 0.6) is 0 Å². The fourth-order valence-electron chi connectivity index (χ4n) is 2.45. The van der Waals surface area contributed by atoms with Crippen LogP contribution in [-0.4, -0.2) is 15.1 Å². The van der Waals surface area contributed by atoms with Crippen LogP contribution in [0.1, 0.15) is 31.3 Å². The van der Waals surface area contributed by atoms with Gasteiger partial charge in [-0.1, -0.05) is 18.2 Å². The number of hydrogen-bond acceptors (Lipinski definition) is 3. The molecule has 110 valence electrons. The minimum Gasteiger partial charge on any atom is -0.340 e. The number of nitrogens with zero attached hydrogens (tertiary/aromatic N) is 2. The van der Waals surface area contributed by atoms with Crippen molar-refractivity contribution in [1.82, 2.24) is 14.9 Å². The summed E-state index contributed by atoms with van der Waals surface area (Å²) in [7, 11) is 0. The molecule has 3 aromatic rings. The first-order valence-electron chi connectivity index (χ1n) is 7.23. The van der Waals surface area contributed by atoms with E-state index in [2.05, 4.69) is 66.1 Å². The fourth-order valence-corrected chi connectivity index (χ4v) is 3.07. The number of nitrogens with one attached hydrogen (secondary N) is 1. The molecule has 2 heterocycles. The SMILES string of the molecule is CC(C)(C)NCc1cccc2ccn(Cc3nccs3)c12. The maximum absolute atomic E-state index is 4.39. The molecule has 0 fully saturated rings. The normalized spacial score (nSPS) is 12.1. The molecule has 0 unspecified atom stereocenters. The number of thiazole rings is 1. The van der Waals surface area contributed by atoms with Gasteiger partial charge in [0, 0.05) is 29.9 Å². The summed E-state index contributed by atoms with van der Waals surface area (Å²) in [6.07, 6.45) is 4.03. The quantitative estimate of drug-likeness (QED) is 0.788. The minimum atomic E-state index is 0.120. The Labute approximate surface area is 129 Å². The second-order valence-electron chi connectivity index (χ2n) is 6.33. The number of hydrogen-bond donors (Lipinski definition) is 1. The molecule has 21 heavy (non-hydrogen) atoms. The predicted molar refractivity (Wildman–Crippen MR) is 89.7 cm³/mol. The molecule has 0 aliphatic rings. The second-order valence-corrected chi connectivity index (χ2v) is 7.31. The van der Waals surface area contributed by atoms with Gasteiger partial charge in [0.25, 0.3) is 0 Å². The lowest BCUT2D eigenvalue weighted by Gasteiger charge is -2.21. The van der Waals surface area contributed by atoms with E-state index in [1.165, 1.54) is 16.5 Å². The molecule has 1 N–H and O–H groups in total. The third-order valence-electron chi connectivity index (χ3n) is 3.47. The van der Waals surface area contributed by atoms with Gasteiger partial charge in [-0.25, -0.2) is 4.98 Å². The molecule has 4 heteroatoms. The zero-order chi connectivity index (χ0) is 14.9. The fraction of sp³-hybridized carbons (Fsp3) is 0.353. The summed E-state index contributed by atoms with van der Waals surface area (Å²) >= 11 is 1.71. The van der Waals surface area contributed by atoms with E-state index in [4.69, 9.17) is 0 Å². The Balaban J connectivity index is 1.94. The Morgan fingerprint density at radius 2 is 2.10 bits per heavy atom. The smallest absolute Gasteiger partial charge is 0.112 e. The molecule has 0 aliphatic carbocycles. The molecule has 0 saturated carbocycles. The van der Waals surface area contributed by atoms with Crippen molar-refractivity contribution in [3.8, 4) is 0 Å². The van der Waals surface area contributed by atoms with Crippen LogP contribution >= 0.6 is 11.3 Å². The van der Waals surface area contributed by atoms with Crippen molar-refractivity contribution in [2.24, 2.45) is 0 Å².